The highest BCUT2D eigenvalue weighted by Crippen LogP contribution is 2.45. The quantitative estimate of drug-likeness (QED) is 0.283. The van der Waals surface area contributed by atoms with E-state index in [0.717, 1.165) is 52.1 Å². The normalized spacial score (nSPS) is 19.0. The average Bonchev–Trinajstić information content (AvgIpc) is 3.69. The summed E-state index contributed by atoms with van der Waals surface area (Å²) >= 11 is 0. The minimum absolute atomic E-state index is 0.0498. The molecule has 0 saturated carbocycles. The summed E-state index contributed by atoms with van der Waals surface area (Å²) in [6.07, 6.45) is 2.76. The molecule has 1 amide bonds. The maximum absolute atomic E-state index is 15.3. The van der Waals surface area contributed by atoms with Crippen LogP contribution >= 0.6 is 0 Å². The Morgan fingerprint density at radius 1 is 1.07 bits per heavy atom. The van der Waals surface area contributed by atoms with Crippen LogP contribution in [0.25, 0.3) is 11.1 Å². The Bertz CT molecular complexity index is 1510. The third-order valence-electron chi connectivity index (χ3n) is 8.64. The summed E-state index contributed by atoms with van der Waals surface area (Å²) in [5.74, 6) is 1.68. The van der Waals surface area contributed by atoms with E-state index in [2.05, 4.69) is 13.8 Å². The molecule has 1 saturated heterocycles. The lowest BCUT2D eigenvalue weighted by atomic mass is 9.90. The van der Waals surface area contributed by atoms with Crippen LogP contribution < -0.4 is 14.2 Å². The van der Waals surface area contributed by atoms with Gasteiger partial charge < -0.3 is 23.8 Å². The number of halogens is 1. The number of hydrogen-bond donors (Lipinski definition) is 0. The number of rotatable bonds is 9. The van der Waals surface area contributed by atoms with Crippen molar-refractivity contribution in [2.24, 2.45) is 0 Å². The molecule has 0 bridgehead atoms. The summed E-state index contributed by atoms with van der Waals surface area (Å²) in [5.41, 5.74) is 6.74. The van der Waals surface area contributed by atoms with Gasteiger partial charge in [0, 0.05) is 36.1 Å². The number of amides is 1. The summed E-state index contributed by atoms with van der Waals surface area (Å²) in [7, 11) is 1.38. The van der Waals surface area contributed by atoms with Gasteiger partial charge in [-0.15, -0.1) is 0 Å². The van der Waals surface area contributed by atoms with E-state index in [9.17, 15) is 9.59 Å². The van der Waals surface area contributed by atoms with Crippen LogP contribution in [0.5, 0.6) is 17.2 Å². The highest BCUT2D eigenvalue weighted by atomic mass is 19.1. The van der Waals surface area contributed by atoms with Crippen LogP contribution in [0.2, 0.25) is 0 Å². The molecule has 3 aromatic rings. The first-order chi connectivity index (χ1) is 20.3. The molecule has 1 fully saturated rings. The van der Waals surface area contributed by atoms with Crippen molar-refractivity contribution >= 4 is 11.9 Å². The standard InChI is InChI=1S/C34H36FNO6/c1-20-15-24(40-14-13-36-12-4-5-31(36)37)16-21(2)33(20)26-8-10-28(35)34-27(26)9-11-29(34)42-23-6-7-25-22(17-32(38)39-3)19-41-30(25)18-23/h6-8,10,15-16,18,22,29H,4-5,9,11-14,17,19H2,1-3H3. The fourth-order valence-electron chi connectivity index (χ4n) is 6.62. The van der Waals surface area contributed by atoms with Gasteiger partial charge in [0.25, 0.3) is 0 Å². The van der Waals surface area contributed by atoms with Gasteiger partial charge >= 0.3 is 5.97 Å². The highest BCUT2D eigenvalue weighted by molar-refractivity contribution is 5.78. The van der Waals surface area contributed by atoms with E-state index >= 15 is 4.39 Å². The predicted molar refractivity (Wildman–Crippen MR) is 156 cm³/mol. The molecule has 3 aliphatic rings. The van der Waals surface area contributed by atoms with Gasteiger partial charge in [0.1, 0.15) is 35.8 Å². The summed E-state index contributed by atoms with van der Waals surface area (Å²) in [5, 5.41) is 0. The van der Waals surface area contributed by atoms with Gasteiger partial charge in [-0.2, -0.15) is 0 Å². The molecule has 1 aliphatic carbocycles. The van der Waals surface area contributed by atoms with Gasteiger partial charge in [0.2, 0.25) is 5.91 Å². The molecule has 0 N–H and O–H groups in total. The van der Waals surface area contributed by atoms with Crippen LogP contribution in [0.4, 0.5) is 4.39 Å². The van der Waals surface area contributed by atoms with Crippen LogP contribution in [0.1, 0.15) is 65.5 Å². The largest absolute Gasteiger partial charge is 0.492 e. The van der Waals surface area contributed by atoms with Crippen LogP contribution in [0.15, 0.2) is 42.5 Å². The second kappa shape index (κ2) is 11.7. The number of nitrogens with zero attached hydrogens (tertiary/aromatic N) is 1. The molecule has 6 rings (SSSR count). The fourth-order valence-corrected chi connectivity index (χ4v) is 6.62. The SMILES string of the molecule is COC(=O)CC1COc2cc(OC3CCc4c(-c5c(C)cc(OCCN6CCCC6=O)cc5C)ccc(F)c43)ccc21. The van der Waals surface area contributed by atoms with Gasteiger partial charge in [-0.3, -0.25) is 9.59 Å². The molecule has 0 radical (unpaired) electrons. The Morgan fingerprint density at radius 2 is 1.88 bits per heavy atom. The highest BCUT2D eigenvalue weighted by Gasteiger charge is 2.32. The topological polar surface area (TPSA) is 74.3 Å². The molecule has 2 unspecified atom stereocenters. The van der Waals surface area contributed by atoms with Gasteiger partial charge in [-0.1, -0.05) is 12.1 Å². The van der Waals surface area contributed by atoms with Crippen molar-refractivity contribution in [2.75, 3.05) is 33.4 Å². The molecular weight excluding hydrogens is 537 g/mol. The zero-order valence-electron chi connectivity index (χ0n) is 24.3. The molecule has 2 atom stereocenters. The van der Waals surface area contributed by atoms with Crippen molar-refractivity contribution in [1.82, 2.24) is 4.90 Å². The van der Waals surface area contributed by atoms with E-state index in [1.165, 1.54) is 13.2 Å². The Morgan fingerprint density at radius 3 is 2.62 bits per heavy atom. The van der Waals surface area contributed by atoms with Crippen molar-refractivity contribution in [2.45, 2.75) is 58.0 Å². The number of fused-ring (bicyclic) bond motifs is 2. The fraction of sp³-hybridized carbons (Fsp3) is 0.412. The lowest BCUT2D eigenvalue weighted by Crippen LogP contribution is -2.29. The minimum Gasteiger partial charge on any atom is -0.492 e. The molecule has 7 nitrogen and oxygen atoms in total. The third kappa shape index (κ3) is 5.42. The van der Waals surface area contributed by atoms with Crippen molar-refractivity contribution < 1.29 is 32.9 Å². The monoisotopic (exact) mass is 573 g/mol. The average molecular weight is 574 g/mol. The molecule has 0 spiro atoms. The Balaban J connectivity index is 1.19. The molecule has 3 aromatic carbocycles. The van der Waals surface area contributed by atoms with E-state index in [0.29, 0.717) is 56.1 Å². The smallest absolute Gasteiger partial charge is 0.306 e. The number of methoxy groups -OCH3 is 1. The lowest BCUT2D eigenvalue weighted by molar-refractivity contribution is -0.141. The van der Waals surface area contributed by atoms with Gasteiger partial charge in [0.05, 0.1) is 26.7 Å². The van der Waals surface area contributed by atoms with E-state index in [4.69, 9.17) is 18.9 Å². The van der Waals surface area contributed by atoms with Crippen molar-refractivity contribution in [3.05, 3.63) is 76.1 Å². The molecule has 8 heteroatoms. The maximum atomic E-state index is 15.3. The van der Waals surface area contributed by atoms with Crippen molar-refractivity contribution in [3.8, 4) is 28.4 Å². The summed E-state index contributed by atoms with van der Waals surface area (Å²) < 4.78 is 38.3. The molecule has 220 valence electrons. The molecule has 42 heavy (non-hydrogen) atoms. The van der Waals surface area contributed by atoms with Crippen LogP contribution in [-0.2, 0) is 20.7 Å². The summed E-state index contributed by atoms with van der Waals surface area (Å²) in [6, 6.07) is 13.1. The second-order valence-electron chi connectivity index (χ2n) is 11.4. The Hall–Kier alpha value is -4.07. The van der Waals surface area contributed by atoms with E-state index < -0.39 is 6.10 Å². The van der Waals surface area contributed by atoms with Crippen molar-refractivity contribution in [1.29, 1.82) is 0 Å². The Labute approximate surface area is 245 Å². The minimum atomic E-state index is -0.415. The maximum Gasteiger partial charge on any atom is 0.306 e. The first-order valence-electron chi connectivity index (χ1n) is 14.7. The summed E-state index contributed by atoms with van der Waals surface area (Å²) in [4.78, 5) is 25.5. The zero-order valence-corrected chi connectivity index (χ0v) is 24.3. The van der Waals surface area contributed by atoms with Crippen LogP contribution in [0, 0.1) is 19.7 Å². The summed E-state index contributed by atoms with van der Waals surface area (Å²) in [6.45, 7) is 6.37. The molecule has 2 aliphatic heterocycles. The molecule has 0 aromatic heterocycles. The predicted octanol–water partition coefficient (Wildman–Crippen LogP) is 6.22. The number of carbonyl (C=O) groups is 2. The third-order valence-corrected chi connectivity index (χ3v) is 8.64. The number of ether oxygens (including phenoxy) is 4. The van der Waals surface area contributed by atoms with E-state index in [1.54, 1.807) is 0 Å². The van der Waals surface area contributed by atoms with Crippen LogP contribution in [-0.4, -0.2) is 50.2 Å². The lowest BCUT2D eigenvalue weighted by Gasteiger charge is -2.20. The first-order valence-corrected chi connectivity index (χ1v) is 14.7. The van der Waals surface area contributed by atoms with Gasteiger partial charge in [-0.05, 0) is 85.2 Å². The number of likely N-dealkylation sites (tertiary alicyclic amines) is 1. The van der Waals surface area contributed by atoms with Crippen molar-refractivity contribution in [3.63, 3.8) is 0 Å². The van der Waals surface area contributed by atoms with E-state index in [-0.39, 0.29) is 30.0 Å². The molecular formula is C34H36FNO6. The number of esters is 1. The van der Waals surface area contributed by atoms with Crippen LogP contribution in [0.3, 0.4) is 0 Å². The Kier molecular flexibility index (Phi) is 7.80. The van der Waals surface area contributed by atoms with E-state index in [1.807, 2.05) is 41.3 Å². The second-order valence-corrected chi connectivity index (χ2v) is 11.4. The number of aryl methyl sites for hydroxylation is 2. The van der Waals surface area contributed by atoms with Gasteiger partial charge in [0.15, 0.2) is 0 Å². The zero-order chi connectivity index (χ0) is 29.4. The van der Waals surface area contributed by atoms with Gasteiger partial charge in [-0.25, -0.2) is 4.39 Å². The number of carbonyl (C=O) groups excluding carboxylic acids is 2. The molecule has 2 heterocycles. The number of benzene rings is 3. The first kappa shape index (κ1) is 28.1. The number of hydrogen-bond acceptors (Lipinski definition) is 6.